The molecule has 8 nitrogen and oxygen atoms in total. The molecule has 8 heteroatoms. The Morgan fingerprint density at radius 1 is 0.974 bits per heavy atom. The molecule has 0 saturated carbocycles. The summed E-state index contributed by atoms with van der Waals surface area (Å²) in [6.45, 7) is 2.35. The molecule has 7 rings (SSSR count). The molecule has 0 amide bonds. The van der Waals surface area contributed by atoms with Gasteiger partial charge in [-0.25, -0.2) is 9.97 Å². The van der Waals surface area contributed by atoms with Gasteiger partial charge in [0.1, 0.15) is 5.75 Å². The summed E-state index contributed by atoms with van der Waals surface area (Å²) in [6, 6.07) is 19.4. The number of benzene rings is 3. The van der Waals surface area contributed by atoms with E-state index >= 15 is 0 Å². The maximum atomic E-state index is 13.5. The number of ketones is 1. The van der Waals surface area contributed by atoms with Gasteiger partial charge in [0, 0.05) is 28.9 Å². The van der Waals surface area contributed by atoms with Gasteiger partial charge in [-0.2, -0.15) is 0 Å². The number of rotatable bonds is 4. The van der Waals surface area contributed by atoms with Crippen LogP contribution in [0.5, 0.6) is 17.2 Å². The van der Waals surface area contributed by atoms with Crippen LogP contribution in [0, 0.1) is 6.92 Å². The first-order valence-electron chi connectivity index (χ1n) is 12.4. The predicted molar refractivity (Wildman–Crippen MR) is 143 cm³/mol. The number of hydrogen-bond acceptors (Lipinski definition) is 7. The molecule has 0 bridgehead atoms. The van der Waals surface area contributed by atoms with E-state index in [1.54, 1.807) is 19.5 Å². The summed E-state index contributed by atoms with van der Waals surface area (Å²) in [6.07, 6.45) is 3.59. The van der Waals surface area contributed by atoms with Crippen LogP contribution < -0.4 is 19.1 Å². The Morgan fingerprint density at radius 2 is 1.79 bits per heavy atom. The Balaban J connectivity index is 1.33. The van der Waals surface area contributed by atoms with Crippen molar-refractivity contribution in [3.05, 3.63) is 95.4 Å². The topological polar surface area (TPSA) is 89.6 Å². The van der Waals surface area contributed by atoms with E-state index in [-0.39, 0.29) is 25.2 Å². The van der Waals surface area contributed by atoms with Crippen LogP contribution in [-0.2, 0) is 0 Å². The molecule has 0 radical (unpaired) electrons. The van der Waals surface area contributed by atoms with Crippen molar-refractivity contribution < 1.29 is 19.0 Å². The highest BCUT2D eigenvalue weighted by Crippen LogP contribution is 2.43. The van der Waals surface area contributed by atoms with Crippen LogP contribution in [0.15, 0.2) is 73.1 Å². The minimum Gasteiger partial charge on any atom is -0.496 e. The van der Waals surface area contributed by atoms with E-state index in [1.807, 2.05) is 72.5 Å². The molecule has 1 unspecified atom stereocenters. The molecular weight excluding hydrogens is 480 g/mol. The number of Topliss-reactive ketones (excluding diaryl/α,β-unsaturated/α-hetero) is 1. The fourth-order valence-electron chi connectivity index (χ4n) is 5.44. The third-order valence-corrected chi connectivity index (χ3v) is 7.25. The molecule has 188 valence electrons. The number of aromatic nitrogens is 3. The summed E-state index contributed by atoms with van der Waals surface area (Å²) in [4.78, 5) is 28.4. The van der Waals surface area contributed by atoms with Crippen LogP contribution in [-0.4, -0.2) is 41.2 Å². The maximum Gasteiger partial charge on any atom is 0.231 e. The number of nitrogens with zero attached hydrogens (tertiary/aromatic N) is 3. The lowest BCUT2D eigenvalue weighted by atomic mass is 9.91. The van der Waals surface area contributed by atoms with Gasteiger partial charge in [-0.15, -0.1) is 0 Å². The minimum atomic E-state index is -0.321. The van der Waals surface area contributed by atoms with Crippen LogP contribution in [0.3, 0.4) is 0 Å². The largest absolute Gasteiger partial charge is 0.496 e. The second-order valence-corrected chi connectivity index (χ2v) is 9.48. The van der Waals surface area contributed by atoms with Gasteiger partial charge in [0.15, 0.2) is 17.3 Å². The van der Waals surface area contributed by atoms with E-state index in [0.717, 1.165) is 44.6 Å². The first-order valence-corrected chi connectivity index (χ1v) is 12.4. The number of H-pyrrole nitrogens is 1. The van der Waals surface area contributed by atoms with Crippen LogP contribution >= 0.6 is 0 Å². The number of aromatic amines is 1. The number of hydrogen-bond donors (Lipinski definition) is 1. The number of para-hydroxylation sites is 1. The fourth-order valence-corrected chi connectivity index (χ4v) is 5.44. The molecule has 1 atom stereocenters. The normalized spacial score (nSPS) is 16.1. The minimum absolute atomic E-state index is 0.0212. The number of anilines is 1. The average molecular weight is 505 g/mol. The number of fused-ring (bicyclic) bond motifs is 4. The fraction of sp³-hybridized carbons (Fsp3) is 0.167. The molecule has 0 fully saturated rings. The van der Waals surface area contributed by atoms with Crippen LogP contribution in [0.4, 0.5) is 5.95 Å². The van der Waals surface area contributed by atoms with Crippen LogP contribution in [0.2, 0.25) is 0 Å². The second-order valence-electron chi connectivity index (χ2n) is 9.48. The zero-order valence-corrected chi connectivity index (χ0v) is 20.9. The molecule has 38 heavy (non-hydrogen) atoms. The van der Waals surface area contributed by atoms with E-state index in [2.05, 4.69) is 4.98 Å². The van der Waals surface area contributed by atoms with E-state index in [4.69, 9.17) is 24.2 Å². The highest BCUT2D eigenvalue weighted by atomic mass is 16.7. The average Bonchev–Trinajstić information content (AvgIpc) is 3.57. The monoisotopic (exact) mass is 504 g/mol. The van der Waals surface area contributed by atoms with Gasteiger partial charge in [0.25, 0.3) is 0 Å². The lowest BCUT2D eigenvalue weighted by molar-refractivity contribution is 0.0990. The summed E-state index contributed by atoms with van der Waals surface area (Å²) in [5, 5.41) is 0.920. The van der Waals surface area contributed by atoms with Gasteiger partial charge in [-0.1, -0.05) is 30.3 Å². The quantitative estimate of drug-likeness (QED) is 0.347. The van der Waals surface area contributed by atoms with Crippen molar-refractivity contribution in [2.45, 2.75) is 13.0 Å². The third-order valence-electron chi connectivity index (χ3n) is 7.25. The first-order chi connectivity index (χ1) is 18.6. The summed E-state index contributed by atoms with van der Waals surface area (Å²) in [5.41, 5.74) is 6.32. The Hall–Kier alpha value is -4.85. The molecule has 4 heterocycles. The Kier molecular flexibility index (Phi) is 5.07. The number of nitrogens with one attached hydrogen (secondary N) is 1. The summed E-state index contributed by atoms with van der Waals surface area (Å²) < 4.78 is 16.6. The van der Waals surface area contributed by atoms with Gasteiger partial charge >= 0.3 is 0 Å². The number of methoxy groups -OCH3 is 1. The highest BCUT2D eigenvalue weighted by molar-refractivity contribution is 6.12. The van der Waals surface area contributed by atoms with Crippen LogP contribution in [0.1, 0.15) is 33.2 Å². The third kappa shape index (κ3) is 3.48. The summed E-state index contributed by atoms with van der Waals surface area (Å²) >= 11 is 0. The number of ether oxygens (including phenoxy) is 3. The van der Waals surface area contributed by atoms with Crippen molar-refractivity contribution >= 4 is 22.6 Å². The highest BCUT2D eigenvalue weighted by Gasteiger charge is 2.38. The van der Waals surface area contributed by atoms with Gasteiger partial charge in [-0.05, 0) is 53.9 Å². The Morgan fingerprint density at radius 3 is 2.61 bits per heavy atom. The van der Waals surface area contributed by atoms with Gasteiger partial charge in [-0.3, -0.25) is 4.79 Å². The summed E-state index contributed by atoms with van der Waals surface area (Å²) in [5.74, 6) is 2.72. The van der Waals surface area contributed by atoms with Crippen LogP contribution in [0.25, 0.3) is 22.0 Å². The van der Waals surface area contributed by atoms with Gasteiger partial charge < -0.3 is 24.1 Å². The molecule has 0 saturated heterocycles. The lowest BCUT2D eigenvalue weighted by Crippen LogP contribution is -2.40. The van der Waals surface area contributed by atoms with E-state index in [0.29, 0.717) is 23.0 Å². The molecule has 1 N–H and O–H groups in total. The number of aryl methyl sites for hydroxylation is 1. The second kappa shape index (κ2) is 8.62. The van der Waals surface area contributed by atoms with E-state index < -0.39 is 0 Å². The van der Waals surface area contributed by atoms with Crippen molar-refractivity contribution in [3.8, 4) is 28.4 Å². The lowest BCUT2D eigenvalue weighted by Gasteiger charge is -2.35. The molecule has 5 aromatic rings. The van der Waals surface area contributed by atoms with Crippen molar-refractivity contribution in [2.24, 2.45) is 0 Å². The maximum absolute atomic E-state index is 13.5. The molecule has 2 aliphatic heterocycles. The smallest absolute Gasteiger partial charge is 0.231 e. The number of carbonyl (C=O) groups excluding carboxylic acids is 1. The molecule has 2 aliphatic rings. The molecule has 2 aromatic heterocycles. The Bertz CT molecular complexity index is 1710. The van der Waals surface area contributed by atoms with Gasteiger partial charge in [0.05, 0.1) is 31.0 Å². The zero-order chi connectivity index (χ0) is 25.8. The van der Waals surface area contributed by atoms with E-state index in [9.17, 15) is 4.79 Å². The molecular formula is C30H24N4O4. The zero-order valence-electron chi connectivity index (χ0n) is 20.9. The van der Waals surface area contributed by atoms with Gasteiger partial charge in [0.2, 0.25) is 12.7 Å². The standard InChI is InChI=1S/C30H24N4O4/c1-17-11-18(7-9-24(17)36-2)20-13-31-30(32-14-20)34-15-23(35)27-21-5-3-4-6-22(21)33-28(27)29(34)19-8-10-25-26(12-19)38-16-37-25/h3-14,29,33H,15-16H2,1-2H3. The van der Waals surface area contributed by atoms with Crippen molar-refractivity contribution in [3.63, 3.8) is 0 Å². The van der Waals surface area contributed by atoms with Crippen molar-refractivity contribution in [1.82, 2.24) is 15.0 Å². The Labute approximate surface area is 218 Å². The van der Waals surface area contributed by atoms with Crippen molar-refractivity contribution in [2.75, 3.05) is 25.3 Å². The molecule has 0 aliphatic carbocycles. The predicted octanol–water partition coefficient (Wildman–Crippen LogP) is 5.46. The van der Waals surface area contributed by atoms with E-state index in [1.165, 1.54) is 0 Å². The number of carbonyl (C=O) groups is 1. The first kappa shape index (κ1) is 22.4. The SMILES string of the molecule is COc1ccc(-c2cnc(N3CC(=O)c4c([nH]c5ccccc45)C3c3ccc4c(c3)OCO4)nc2)cc1C. The molecule has 3 aromatic carbocycles. The molecule has 0 spiro atoms. The van der Waals surface area contributed by atoms with Crippen molar-refractivity contribution in [1.29, 1.82) is 0 Å². The summed E-state index contributed by atoms with van der Waals surface area (Å²) in [7, 11) is 1.66.